The first-order chi connectivity index (χ1) is 13.3. The monoisotopic (exact) mass is 468 g/mol. The summed E-state index contributed by atoms with van der Waals surface area (Å²) in [4.78, 5) is 4.57. The standard InChI is InChI=1S/C19H11Cl3N2O2S2/c20-11-5-8-16-17(9-11)27-19(23-16)13-7-6-12(10-15(13)22)24-28(25,26)18-4-2-1-3-14(18)21/h1-10,24H. The molecule has 0 aliphatic carbocycles. The van der Waals surface area contributed by atoms with E-state index in [-0.39, 0.29) is 9.92 Å². The lowest BCUT2D eigenvalue weighted by atomic mass is 10.2. The van der Waals surface area contributed by atoms with Crippen LogP contribution in [-0.4, -0.2) is 13.4 Å². The summed E-state index contributed by atoms with van der Waals surface area (Å²) in [6, 6.07) is 16.6. The Bertz CT molecular complexity index is 1300. The van der Waals surface area contributed by atoms with Gasteiger partial charge >= 0.3 is 0 Å². The summed E-state index contributed by atoms with van der Waals surface area (Å²) in [5.74, 6) is 0. The van der Waals surface area contributed by atoms with Gasteiger partial charge in [-0.15, -0.1) is 11.3 Å². The van der Waals surface area contributed by atoms with Gasteiger partial charge in [-0.1, -0.05) is 46.9 Å². The summed E-state index contributed by atoms with van der Waals surface area (Å²) in [7, 11) is -3.83. The smallest absolute Gasteiger partial charge is 0.263 e. The molecule has 1 aromatic heterocycles. The van der Waals surface area contributed by atoms with E-state index in [0.29, 0.717) is 21.3 Å². The number of sulfonamides is 1. The van der Waals surface area contributed by atoms with Crippen molar-refractivity contribution in [3.63, 3.8) is 0 Å². The van der Waals surface area contributed by atoms with Crippen molar-refractivity contribution >= 4 is 72.1 Å². The SMILES string of the molecule is O=S(=O)(Nc1ccc(-c2nc3ccc(Cl)cc3s2)c(Cl)c1)c1ccccc1Cl. The number of rotatable bonds is 4. The molecule has 1 heterocycles. The summed E-state index contributed by atoms with van der Waals surface area (Å²) in [5.41, 5.74) is 1.86. The molecule has 3 aromatic carbocycles. The molecule has 28 heavy (non-hydrogen) atoms. The zero-order chi connectivity index (χ0) is 19.9. The maximum Gasteiger partial charge on any atom is 0.263 e. The van der Waals surface area contributed by atoms with Crippen molar-refractivity contribution < 1.29 is 8.42 Å². The van der Waals surface area contributed by atoms with Gasteiger partial charge in [-0.25, -0.2) is 13.4 Å². The minimum atomic E-state index is -3.83. The van der Waals surface area contributed by atoms with E-state index >= 15 is 0 Å². The molecule has 0 atom stereocenters. The van der Waals surface area contributed by atoms with Gasteiger partial charge in [0.25, 0.3) is 10.0 Å². The van der Waals surface area contributed by atoms with Gasteiger partial charge in [-0.3, -0.25) is 4.72 Å². The lowest BCUT2D eigenvalue weighted by Gasteiger charge is -2.10. The van der Waals surface area contributed by atoms with Crippen molar-refractivity contribution in [1.29, 1.82) is 0 Å². The lowest BCUT2D eigenvalue weighted by molar-refractivity contribution is 0.601. The van der Waals surface area contributed by atoms with Gasteiger partial charge in [0.1, 0.15) is 9.90 Å². The van der Waals surface area contributed by atoms with Crippen LogP contribution in [0.4, 0.5) is 5.69 Å². The molecule has 0 spiro atoms. The average molecular weight is 470 g/mol. The Morgan fingerprint density at radius 2 is 1.68 bits per heavy atom. The van der Waals surface area contributed by atoms with Crippen molar-refractivity contribution in [3.05, 3.63) is 75.7 Å². The van der Waals surface area contributed by atoms with Crippen LogP contribution in [0.25, 0.3) is 20.8 Å². The van der Waals surface area contributed by atoms with Crippen molar-refractivity contribution in [2.75, 3.05) is 4.72 Å². The zero-order valence-corrected chi connectivity index (χ0v) is 17.9. The highest BCUT2D eigenvalue weighted by Gasteiger charge is 2.18. The predicted octanol–water partition coefficient (Wildman–Crippen LogP) is 6.72. The van der Waals surface area contributed by atoms with Crippen LogP contribution in [0.15, 0.2) is 65.6 Å². The Labute approximate surface area is 180 Å². The van der Waals surface area contributed by atoms with Gasteiger partial charge in [0.2, 0.25) is 0 Å². The fraction of sp³-hybridized carbons (Fsp3) is 0. The van der Waals surface area contributed by atoms with Gasteiger partial charge < -0.3 is 0 Å². The third-order valence-corrected chi connectivity index (χ3v) is 7.41. The minimum Gasteiger partial charge on any atom is -0.280 e. The van der Waals surface area contributed by atoms with Gasteiger partial charge in [-0.2, -0.15) is 0 Å². The topological polar surface area (TPSA) is 59.1 Å². The number of hydrogen-bond acceptors (Lipinski definition) is 4. The van der Waals surface area contributed by atoms with Gasteiger partial charge in [0, 0.05) is 10.6 Å². The quantitative estimate of drug-likeness (QED) is 0.361. The second-order valence-corrected chi connectivity index (χ2v) is 9.79. The van der Waals surface area contributed by atoms with Gasteiger partial charge in [0.05, 0.1) is 25.9 Å². The number of benzene rings is 3. The molecule has 0 saturated heterocycles. The van der Waals surface area contributed by atoms with E-state index in [0.717, 1.165) is 15.2 Å². The first-order valence-electron chi connectivity index (χ1n) is 7.97. The summed E-state index contributed by atoms with van der Waals surface area (Å²) in [6.07, 6.45) is 0. The van der Waals surface area contributed by atoms with Crippen LogP contribution in [-0.2, 0) is 10.0 Å². The fourth-order valence-electron chi connectivity index (χ4n) is 2.64. The number of fused-ring (bicyclic) bond motifs is 1. The number of nitrogens with one attached hydrogen (secondary N) is 1. The van der Waals surface area contributed by atoms with Crippen molar-refractivity contribution in [3.8, 4) is 10.6 Å². The Kier molecular flexibility index (Phi) is 5.24. The van der Waals surface area contributed by atoms with Gasteiger partial charge in [-0.05, 0) is 48.5 Å². The normalized spacial score (nSPS) is 11.7. The molecule has 4 rings (SSSR count). The number of nitrogens with zero attached hydrogens (tertiary/aromatic N) is 1. The molecule has 0 amide bonds. The zero-order valence-electron chi connectivity index (χ0n) is 14.0. The molecule has 1 N–H and O–H groups in total. The molecule has 0 radical (unpaired) electrons. The molecule has 4 aromatic rings. The third-order valence-electron chi connectivity index (χ3n) is 3.93. The van der Waals surface area contributed by atoms with E-state index < -0.39 is 10.0 Å². The maximum absolute atomic E-state index is 12.6. The van der Waals surface area contributed by atoms with E-state index in [2.05, 4.69) is 9.71 Å². The number of thiazole rings is 1. The molecule has 9 heteroatoms. The molecule has 0 unspecified atom stereocenters. The van der Waals surface area contributed by atoms with Gasteiger partial charge in [0.15, 0.2) is 0 Å². The molecule has 4 nitrogen and oxygen atoms in total. The van der Waals surface area contributed by atoms with E-state index in [1.165, 1.54) is 23.5 Å². The largest absolute Gasteiger partial charge is 0.280 e. The number of halogens is 3. The van der Waals surface area contributed by atoms with Crippen LogP contribution in [0.3, 0.4) is 0 Å². The fourth-order valence-corrected chi connectivity index (χ4v) is 5.82. The molecule has 0 aliphatic rings. The highest BCUT2D eigenvalue weighted by Crippen LogP contribution is 2.37. The highest BCUT2D eigenvalue weighted by atomic mass is 35.5. The number of aromatic nitrogens is 1. The molecule has 0 aliphatic heterocycles. The number of hydrogen-bond donors (Lipinski definition) is 1. The van der Waals surface area contributed by atoms with E-state index in [9.17, 15) is 8.42 Å². The summed E-state index contributed by atoms with van der Waals surface area (Å²) in [6.45, 7) is 0. The Morgan fingerprint density at radius 1 is 0.893 bits per heavy atom. The molecule has 0 bridgehead atoms. The van der Waals surface area contributed by atoms with Crippen LogP contribution in [0.1, 0.15) is 0 Å². The first-order valence-corrected chi connectivity index (χ1v) is 11.4. The second-order valence-electron chi connectivity index (χ2n) is 5.86. The predicted molar refractivity (Wildman–Crippen MR) is 117 cm³/mol. The van der Waals surface area contributed by atoms with Crippen LogP contribution in [0.5, 0.6) is 0 Å². The summed E-state index contributed by atoms with van der Waals surface area (Å²) >= 11 is 19.9. The Hall–Kier alpha value is -1.83. The Morgan fingerprint density at radius 3 is 2.43 bits per heavy atom. The number of anilines is 1. The Balaban J connectivity index is 1.67. The highest BCUT2D eigenvalue weighted by molar-refractivity contribution is 7.92. The van der Waals surface area contributed by atoms with Crippen molar-refractivity contribution in [2.45, 2.75) is 4.90 Å². The van der Waals surface area contributed by atoms with Crippen LogP contribution in [0, 0.1) is 0 Å². The molecular formula is C19H11Cl3N2O2S2. The van der Waals surface area contributed by atoms with E-state index in [1.54, 1.807) is 36.4 Å². The van der Waals surface area contributed by atoms with Crippen LogP contribution in [0.2, 0.25) is 15.1 Å². The molecule has 0 saturated carbocycles. The average Bonchev–Trinajstić information content (AvgIpc) is 3.04. The van der Waals surface area contributed by atoms with E-state index in [4.69, 9.17) is 34.8 Å². The lowest BCUT2D eigenvalue weighted by Crippen LogP contribution is -2.13. The minimum absolute atomic E-state index is 0.0000765. The van der Waals surface area contributed by atoms with Crippen molar-refractivity contribution in [2.24, 2.45) is 0 Å². The molecule has 0 fully saturated rings. The first kappa shape index (κ1) is 19.5. The van der Waals surface area contributed by atoms with Crippen LogP contribution >= 0.6 is 46.1 Å². The molecular weight excluding hydrogens is 459 g/mol. The summed E-state index contributed by atoms with van der Waals surface area (Å²) < 4.78 is 28.6. The second kappa shape index (κ2) is 7.54. The van der Waals surface area contributed by atoms with Crippen molar-refractivity contribution in [1.82, 2.24) is 4.98 Å². The van der Waals surface area contributed by atoms with Crippen LogP contribution < -0.4 is 4.72 Å². The van der Waals surface area contributed by atoms with E-state index in [1.807, 2.05) is 12.1 Å². The molecule has 142 valence electrons. The summed E-state index contributed by atoms with van der Waals surface area (Å²) in [5, 5.41) is 1.89. The maximum atomic E-state index is 12.6. The third kappa shape index (κ3) is 3.83.